The Kier molecular flexibility index (Phi) is 3.12. The van der Waals surface area contributed by atoms with Crippen LogP contribution >= 0.6 is 0 Å². The van der Waals surface area contributed by atoms with E-state index >= 15 is 0 Å². The molecule has 1 saturated heterocycles. The van der Waals surface area contributed by atoms with Gasteiger partial charge in [-0.2, -0.15) is 0 Å². The highest BCUT2D eigenvalue weighted by atomic mass is 16.5. The van der Waals surface area contributed by atoms with Gasteiger partial charge >= 0.3 is 0 Å². The second kappa shape index (κ2) is 4.29. The van der Waals surface area contributed by atoms with Gasteiger partial charge in [0.05, 0.1) is 5.60 Å². The van der Waals surface area contributed by atoms with Crippen LogP contribution in [-0.4, -0.2) is 23.8 Å². The van der Waals surface area contributed by atoms with Crippen molar-refractivity contribution in [3.8, 4) is 5.75 Å². The summed E-state index contributed by atoms with van der Waals surface area (Å²) in [5.41, 5.74) is 12.2. The van der Waals surface area contributed by atoms with Crippen molar-refractivity contribution in [1.29, 1.82) is 0 Å². The third kappa shape index (κ3) is 2.44. The number of hydrogen-bond acceptors (Lipinski definition) is 4. The van der Waals surface area contributed by atoms with Gasteiger partial charge in [-0.15, -0.1) is 0 Å². The van der Waals surface area contributed by atoms with Crippen LogP contribution in [0.1, 0.15) is 25.3 Å². The van der Waals surface area contributed by atoms with E-state index in [0.717, 1.165) is 12.0 Å². The Balaban J connectivity index is 2.26. The molecule has 1 aromatic carbocycles. The summed E-state index contributed by atoms with van der Waals surface area (Å²) >= 11 is 0. The van der Waals surface area contributed by atoms with Crippen molar-refractivity contribution < 1.29 is 9.84 Å². The van der Waals surface area contributed by atoms with Gasteiger partial charge in [-0.1, -0.05) is 12.1 Å². The van der Waals surface area contributed by atoms with Crippen LogP contribution in [0.15, 0.2) is 24.3 Å². The summed E-state index contributed by atoms with van der Waals surface area (Å²) < 4.78 is 5.87. The highest BCUT2D eigenvalue weighted by Crippen LogP contribution is 2.38. The molecule has 1 aliphatic rings. The van der Waals surface area contributed by atoms with Gasteiger partial charge < -0.3 is 21.3 Å². The monoisotopic (exact) mass is 236 g/mol. The highest BCUT2D eigenvalue weighted by molar-refractivity contribution is 5.30. The first kappa shape index (κ1) is 12.4. The summed E-state index contributed by atoms with van der Waals surface area (Å²) in [4.78, 5) is 0. The quantitative estimate of drug-likeness (QED) is 0.717. The fourth-order valence-electron chi connectivity index (χ4n) is 2.46. The van der Waals surface area contributed by atoms with Gasteiger partial charge in [0.2, 0.25) is 0 Å². The van der Waals surface area contributed by atoms with Gasteiger partial charge in [0.25, 0.3) is 0 Å². The lowest BCUT2D eigenvalue weighted by Gasteiger charge is -2.44. The number of benzene rings is 1. The van der Waals surface area contributed by atoms with Gasteiger partial charge in [-0.05, 0) is 37.5 Å². The van der Waals surface area contributed by atoms with E-state index in [1.807, 2.05) is 19.1 Å². The number of phenolic OH excluding ortho intramolecular Hbond substituents is 1. The molecule has 0 aromatic heterocycles. The Morgan fingerprint density at radius 3 is 2.59 bits per heavy atom. The minimum absolute atomic E-state index is 0.256. The van der Waals surface area contributed by atoms with E-state index in [0.29, 0.717) is 19.6 Å². The van der Waals surface area contributed by atoms with Gasteiger partial charge in [0, 0.05) is 18.7 Å². The van der Waals surface area contributed by atoms with Crippen LogP contribution in [0.25, 0.3) is 0 Å². The molecule has 0 aliphatic carbocycles. The van der Waals surface area contributed by atoms with Crippen LogP contribution in [0.3, 0.4) is 0 Å². The van der Waals surface area contributed by atoms with E-state index in [4.69, 9.17) is 16.2 Å². The number of hydrogen-bond donors (Lipinski definition) is 3. The van der Waals surface area contributed by atoms with E-state index in [2.05, 4.69) is 0 Å². The third-order valence-electron chi connectivity index (χ3n) is 3.59. The summed E-state index contributed by atoms with van der Waals surface area (Å²) in [5, 5.41) is 9.30. The third-order valence-corrected chi connectivity index (χ3v) is 3.59. The fourth-order valence-corrected chi connectivity index (χ4v) is 2.46. The van der Waals surface area contributed by atoms with Crippen molar-refractivity contribution in [3.05, 3.63) is 29.8 Å². The number of rotatable bonds is 2. The molecule has 0 bridgehead atoms. The fraction of sp³-hybridized carbons (Fsp3) is 0.538. The molecule has 0 radical (unpaired) electrons. The van der Waals surface area contributed by atoms with Gasteiger partial charge in [-0.25, -0.2) is 0 Å². The highest BCUT2D eigenvalue weighted by Gasteiger charge is 2.41. The number of nitrogens with two attached hydrogens (primary N) is 2. The van der Waals surface area contributed by atoms with Crippen LogP contribution in [0.2, 0.25) is 0 Å². The molecular formula is C13H20N2O2. The average molecular weight is 236 g/mol. The minimum atomic E-state index is -0.417. The van der Waals surface area contributed by atoms with E-state index in [9.17, 15) is 5.11 Å². The minimum Gasteiger partial charge on any atom is -0.508 e. The maximum atomic E-state index is 9.30. The summed E-state index contributed by atoms with van der Waals surface area (Å²) in [6.07, 6.45) is 1.48. The predicted molar refractivity (Wildman–Crippen MR) is 66.6 cm³/mol. The van der Waals surface area contributed by atoms with Crippen LogP contribution in [0.5, 0.6) is 5.75 Å². The molecule has 2 rings (SSSR count). The van der Waals surface area contributed by atoms with E-state index in [1.54, 1.807) is 12.1 Å². The molecule has 1 aliphatic heterocycles. The maximum Gasteiger partial charge on any atom is 0.115 e. The second-order valence-electron chi connectivity index (χ2n) is 5.12. The summed E-state index contributed by atoms with van der Waals surface area (Å²) in [6, 6.07) is 7.08. The van der Waals surface area contributed by atoms with E-state index in [1.165, 1.54) is 0 Å². The summed E-state index contributed by atoms with van der Waals surface area (Å²) in [7, 11) is 0. The van der Waals surface area contributed by atoms with Crippen LogP contribution < -0.4 is 11.5 Å². The molecule has 5 N–H and O–H groups in total. The van der Waals surface area contributed by atoms with E-state index in [-0.39, 0.29) is 11.3 Å². The SMILES string of the molecule is CC1(c2ccc(O)cc2)CC(N)(CN)CCO1. The first-order chi connectivity index (χ1) is 7.97. The first-order valence-corrected chi connectivity index (χ1v) is 5.90. The van der Waals surface area contributed by atoms with Crippen LogP contribution in [0.4, 0.5) is 0 Å². The molecule has 0 saturated carbocycles. The molecule has 2 atom stereocenters. The van der Waals surface area contributed by atoms with Gasteiger partial charge in [0.1, 0.15) is 5.75 Å². The summed E-state index contributed by atoms with van der Waals surface area (Å²) in [5.74, 6) is 0.256. The smallest absolute Gasteiger partial charge is 0.115 e. The molecule has 0 spiro atoms. The van der Waals surface area contributed by atoms with E-state index < -0.39 is 5.60 Å². The zero-order valence-electron chi connectivity index (χ0n) is 10.1. The molecule has 0 amide bonds. The van der Waals surface area contributed by atoms with Crippen molar-refractivity contribution in [2.75, 3.05) is 13.2 Å². The zero-order valence-corrected chi connectivity index (χ0v) is 10.1. The number of phenols is 1. The van der Waals surface area contributed by atoms with Crippen molar-refractivity contribution in [2.45, 2.75) is 30.9 Å². The van der Waals surface area contributed by atoms with Crippen molar-refractivity contribution >= 4 is 0 Å². The summed E-state index contributed by atoms with van der Waals surface area (Å²) in [6.45, 7) is 3.10. The second-order valence-corrected chi connectivity index (χ2v) is 5.12. The maximum absolute atomic E-state index is 9.30. The Labute approximate surface area is 102 Å². The first-order valence-electron chi connectivity index (χ1n) is 5.90. The largest absolute Gasteiger partial charge is 0.508 e. The Morgan fingerprint density at radius 1 is 1.35 bits per heavy atom. The molecule has 17 heavy (non-hydrogen) atoms. The molecule has 4 nitrogen and oxygen atoms in total. The predicted octanol–water partition coefficient (Wildman–Crippen LogP) is 1.07. The van der Waals surface area contributed by atoms with Crippen molar-refractivity contribution in [2.24, 2.45) is 11.5 Å². The standard InChI is InChI=1S/C13H20N2O2/c1-12(10-2-4-11(16)5-3-10)8-13(15,9-14)6-7-17-12/h2-5,16H,6-9,14-15H2,1H3. The Bertz CT molecular complexity index is 393. The van der Waals surface area contributed by atoms with Crippen LogP contribution in [-0.2, 0) is 10.3 Å². The number of ether oxygens (including phenoxy) is 1. The lowest BCUT2D eigenvalue weighted by atomic mass is 9.78. The van der Waals surface area contributed by atoms with Gasteiger partial charge in [0.15, 0.2) is 0 Å². The average Bonchev–Trinajstić information content (AvgIpc) is 2.29. The molecule has 1 fully saturated rings. The topological polar surface area (TPSA) is 81.5 Å². The van der Waals surface area contributed by atoms with Gasteiger partial charge in [-0.3, -0.25) is 0 Å². The molecule has 1 aromatic rings. The number of aromatic hydroxyl groups is 1. The normalized spacial score (nSPS) is 33.6. The van der Waals surface area contributed by atoms with Crippen molar-refractivity contribution in [1.82, 2.24) is 0 Å². The molecular weight excluding hydrogens is 216 g/mol. The lowest BCUT2D eigenvalue weighted by Crippen LogP contribution is -2.56. The van der Waals surface area contributed by atoms with Crippen LogP contribution in [0, 0.1) is 0 Å². The molecule has 94 valence electrons. The molecule has 1 heterocycles. The zero-order chi connectivity index (χ0) is 12.5. The lowest BCUT2D eigenvalue weighted by molar-refractivity contribution is -0.0957. The Morgan fingerprint density at radius 2 is 2.00 bits per heavy atom. The molecule has 2 unspecified atom stereocenters. The van der Waals surface area contributed by atoms with Crippen molar-refractivity contribution in [3.63, 3.8) is 0 Å². The molecule has 4 heteroatoms. The Hall–Kier alpha value is -1.10.